The quantitative estimate of drug-likeness (QED) is 0.806. The van der Waals surface area contributed by atoms with Crippen LogP contribution in [0.2, 0.25) is 0 Å². The van der Waals surface area contributed by atoms with Crippen molar-refractivity contribution in [1.82, 2.24) is 5.32 Å². The predicted molar refractivity (Wildman–Crippen MR) is 59.3 cm³/mol. The average molecular weight is 222 g/mol. The number of amides is 1. The molecule has 3 N–H and O–H groups in total. The van der Waals surface area contributed by atoms with Gasteiger partial charge in [0.2, 0.25) is 5.91 Å². The van der Waals surface area contributed by atoms with E-state index in [2.05, 4.69) is 5.32 Å². The van der Waals surface area contributed by atoms with Gasteiger partial charge in [-0.05, 0) is 36.1 Å². The lowest BCUT2D eigenvalue weighted by molar-refractivity contribution is -0.117. The third-order valence-electron chi connectivity index (χ3n) is 2.94. The topological polar surface area (TPSA) is 55.1 Å². The number of primary amides is 1. The van der Waals surface area contributed by atoms with Crippen molar-refractivity contribution in [3.63, 3.8) is 0 Å². The molecular formula is C12H15FN2O. The molecule has 16 heavy (non-hydrogen) atoms. The summed E-state index contributed by atoms with van der Waals surface area (Å²) >= 11 is 0. The van der Waals surface area contributed by atoms with Crippen LogP contribution in [0.1, 0.15) is 30.0 Å². The molecule has 2 rings (SSSR count). The van der Waals surface area contributed by atoms with Crippen molar-refractivity contribution in [2.24, 2.45) is 5.73 Å². The lowest BCUT2D eigenvalue weighted by Gasteiger charge is -2.13. The van der Waals surface area contributed by atoms with Crippen LogP contribution in [-0.4, -0.2) is 12.5 Å². The summed E-state index contributed by atoms with van der Waals surface area (Å²) in [5, 5.41) is 3.27. The van der Waals surface area contributed by atoms with E-state index in [9.17, 15) is 9.18 Å². The van der Waals surface area contributed by atoms with Gasteiger partial charge in [0.15, 0.2) is 0 Å². The Morgan fingerprint density at radius 3 is 3.12 bits per heavy atom. The SMILES string of the molecule is NC(=O)CCNC1CCc2cc(F)ccc21. The number of benzene rings is 1. The lowest BCUT2D eigenvalue weighted by Crippen LogP contribution is -2.24. The van der Waals surface area contributed by atoms with Gasteiger partial charge in [0.1, 0.15) is 5.82 Å². The van der Waals surface area contributed by atoms with Crippen LogP contribution in [0.25, 0.3) is 0 Å². The summed E-state index contributed by atoms with van der Waals surface area (Å²) in [6.07, 6.45) is 2.19. The third kappa shape index (κ3) is 2.39. The van der Waals surface area contributed by atoms with E-state index in [4.69, 9.17) is 5.73 Å². The van der Waals surface area contributed by atoms with Crippen LogP contribution in [0, 0.1) is 5.82 Å². The first-order valence-electron chi connectivity index (χ1n) is 5.47. The van der Waals surface area contributed by atoms with Gasteiger partial charge in [-0.25, -0.2) is 4.39 Å². The Hall–Kier alpha value is -1.42. The average Bonchev–Trinajstić information content (AvgIpc) is 2.60. The molecule has 0 saturated carbocycles. The Balaban J connectivity index is 1.98. The van der Waals surface area contributed by atoms with Gasteiger partial charge in [-0.1, -0.05) is 6.07 Å². The maximum Gasteiger partial charge on any atom is 0.218 e. The maximum absolute atomic E-state index is 13.0. The lowest BCUT2D eigenvalue weighted by atomic mass is 10.1. The summed E-state index contributed by atoms with van der Waals surface area (Å²) in [4.78, 5) is 10.6. The van der Waals surface area contributed by atoms with Crippen LogP contribution in [0.3, 0.4) is 0 Å². The number of aryl methyl sites for hydroxylation is 1. The molecule has 0 bridgehead atoms. The fraction of sp³-hybridized carbons (Fsp3) is 0.417. The molecule has 0 fully saturated rings. The Kier molecular flexibility index (Phi) is 3.19. The number of carbonyl (C=O) groups is 1. The standard InChI is InChI=1S/C12H15FN2O/c13-9-2-3-10-8(7-9)1-4-11(10)15-6-5-12(14)16/h2-3,7,11,15H,1,4-6H2,(H2,14,16). The van der Waals surface area contributed by atoms with E-state index in [1.54, 1.807) is 6.07 Å². The molecule has 1 unspecified atom stereocenters. The van der Waals surface area contributed by atoms with Crippen LogP contribution < -0.4 is 11.1 Å². The number of rotatable bonds is 4. The highest BCUT2D eigenvalue weighted by Crippen LogP contribution is 2.31. The third-order valence-corrected chi connectivity index (χ3v) is 2.94. The zero-order valence-electron chi connectivity index (χ0n) is 9.00. The van der Waals surface area contributed by atoms with Crippen LogP contribution in [0.5, 0.6) is 0 Å². The van der Waals surface area contributed by atoms with Gasteiger partial charge in [-0.15, -0.1) is 0 Å². The summed E-state index contributed by atoms with van der Waals surface area (Å²) in [6, 6.07) is 5.12. The normalized spacial score (nSPS) is 18.4. The summed E-state index contributed by atoms with van der Waals surface area (Å²) < 4.78 is 13.0. The molecule has 1 aliphatic rings. The van der Waals surface area contributed by atoms with Crippen molar-refractivity contribution in [2.45, 2.75) is 25.3 Å². The second kappa shape index (κ2) is 4.61. The first-order valence-corrected chi connectivity index (χ1v) is 5.47. The zero-order valence-corrected chi connectivity index (χ0v) is 9.00. The Morgan fingerprint density at radius 1 is 1.56 bits per heavy atom. The van der Waals surface area contributed by atoms with Gasteiger partial charge in [-0.3, -0.25) is 4.79 Å². The molecule has 4 heteroatoms. The van der Waals surface area contributed by atoms with Crippen molar-refractivity contribution < 1.29 is 9.18 Å². The van der Waals surface area contributed by atoms with Crippen LogP contribution >= 0.6 is 0 Å². The molecule has 86 valence electrons. The molecular weight excluding hydrogens is 207 g/mol. The summed E-state index contributed by atoms with van der Waals surface area (Å²) in [7, 11) is 0. The molecule has 3 nitrogen and oxygen atoms in total. The first-order chi connectivity index (χ1) is 7.66. The molecule has 0 radical (unpaired) electrons. The fourth-order valence-electron chi connectivity index (χ4n) is 2.17. The van der Waals surface area contributed by atoms with E-state index in [-0.39, 0.29) is 17.8 Å². The fourth-order valence-corrected chi connectivity index (χ4v) is 2.17. The number of hydrogen-bond donors (Lipinski definition) is 2. The molecule has 0 spiro atoms. The minimum absolute atomic E-state index is 0.184. The second-order valence-corrected chi connectivity index (χ2v) is 4.10. The summed E-state index contributed by atoms with van der Waals surface area (Å²) in [5.74, 6) is -0.485. The highest BCUT2D eigenvalue weighted by atomic mass is 19.1. The van der Waals surface area contributed by atoms with Crippen LogP contribution in [0.15, 0.2) is 18.2 Å². The monoisotopic (exact) mass is 222 g/mol. The Labute approximate surface area is 93.8 Å². The van der Waals surface area contributed by atoms with Gasteiger partial charge < -0.3 is 11.1 Å². The number of carbonyl (C=O) groups excluding carboxylic acids is 1. The molecule has 1 amide bonds. The molecule has 1 aromatic rings. The molecule has 0 heterocycles. The molecule has 0 saturated heterocycles. The van der Waals surface area contributed by atoms with E-state index < -0.39 is 0 Å². The minimum Gasteiger partial charge on any atom is -0.370 e. The highest BCUT2D eigenvalue weighted by Gasteiger charge is 2.21. The van der Waals surface area contributed by atoms with Crippen molar-refractivity contribution in [3.8, 4) is 0 Å². The van der Waals surface area contributed by atoms with Gasteiger partial charge >= 0.3 is 0 Å². The number of halogens is 1. The van der Waals surface area contributed by atoms with Gasteiger partial charge in [0.05, 0.1) is 0 Å². The van der Waals surface area contributed by atoms with Crippen molar-refractivity contribution in [2.75, 3.05) is 6.54 Å². The van der Waals surface area contributed by atoms with E-state index in [1.807, 2.05) is 6.07 Å². The van der Waals surface area contributed by atoms with E-state index in [0.717, 1.165) is 24.0 Å². The number of nitrogens with one attached hydrogen (secondary N) is 1. The molecule has 0 aromatic heterocycles. The van der Waals surface area contributed by atoms with Crippen LogP contribution in [-0.2, 0) is 11.2 Å². The Morgan fingerprint density at radius 2 is 2.38 bits per heavy atom. The number of nitrogens with two attached hydrogens (primary N) is 1. The smallest absolute Gasteiger partial charge is 0.218 e. The molecule has 0 aliphatic heterocycles. The van der Waals surface area contributed by atoms with Crippen molar-refractivity contribution in [1.29, 1.82) is 0 Å². The van der Waals surface area contributed by atoms with E-state index >= 15 is 0 Å². The maximum atomic E-state index is 13.0. The molecule has 1 aromatic carbocycles. The largest absolute Gasteiger partial charge is 0.370 e. The zero-order chi connectivity index (χ0) is 11.5. The van der Waals surface area contributed by atoms with Gasteiger partial charge in [0.25, 0.3) is 0 Å². The summed E-state index contributed by atoms with van der Waals surface area (Å²) in [5.41, 5.74) is 7.27. The van der Waals surface area contributed by atoms with Crippen molar-refractivity contribution in [3.05, 3.63) is 35.1 Å². The van der Waals surface area contributed by atoms with Gasteiger partial charge in [-0.2, -0.15) is 0 Å². The molecule has 1 atom stereocenters. The first kappa shape index (κ1) is 11.1. The van der Waals surface area contributed by atoms with Gasteiger partial charge in [0, 0.05) is 19.0 Å². The van der Waals surface area contributed by atoms with Crippen LogP contribution in [0.4, 0.5) is 4.39 Å². The summed E-state index contributed by atoms with van der Waals surface area (Å²) in [6.45, 7) is 0.580. The Bertz CT molecular complexity index is 406. The van der Waals surface area contributed by atoms with Crippen molar-refractivity contribution >= 4 is 5.91 Å². The highest BCUT2D eigenvalue weighted by molar-refractivity contribution is 5.73. The second-order valence-electron chi connectivity index (χ2n) is 4.10. The van der Waals surface area contributed by atoms with E-state index in [1.165, 1.54) is 6.07 Å². The molecule has 1 aliphatic carbocycles. The van der Waals surface area contributed by atoms with E-state index in [0.29, 0.717) is 13.0 Å². The number of fused-ring (bicyclic) bond motifs is 1. The predicted octanol–water partition coefficient (Wildman–Crippen LogP) is 1.28. The minimum atomic E-state index is -0.301. The number of hydrogen-bond acceptors (Lipinski definition) is 2.